The number of hydrogen-bond acceptors (Lipinski definition) is 4. The molecule has 0 aliphatic carbocycles. The maximum Gasteiger partial charge on any atom is 0.264 e. The van der Waals surface area contributed by atoms with E-state index in [0.717, 1.165) is 15.4 Å². The molecule has 208 valence electrons. The van der Waals surface area contributed by atoms with Crippen LogP contribution in [0.15, 0.2) is 77.7 Å². The summed E-state index contributed by atoms with van der Waals surface area (Å²) in [5.41, 5.74) is 2.26. The minimum Gasteiger partial charge on any atom is -0.350 e. The third-order valence-corrected chi connectivity index (χ3v) is 8.15. The van der Waals surface area contributed by atoms with Crippen molar-refractivity contribution in [3.05, 3.63) is 94.5 Å². The highest BCUT2D eigenvalue weighted by Crippen LogP contribution is 2.29. The van der Waals surface area contributed by atoms with Crippen LogP contribution in [0, 0.1) is 13.8 Å². The minimum atomic E-state index is -4.13. The molecular formula is C30H36ClN3O4S. The highest BCUT2D eigenvalue weighted by atomic mass is 35.5. The Balaban J connectivity index is 2.06. The van der Waals surface area contributed by atoms with Crippen LogP contribution in [0.4, 0.5) is 5.69 Å². The largest absolute Gasteiger partial charge is 0.350 e. The Morgan fingerprint density at radius 3 is 2.21 bits per heavy atom. The number of sulfonamides is 1. The number of anilines is 1. The third-order valence-electron chi connectivity index (χ3n) is 6.14. The molecule has 0 heterocycles. The monoisotopic (exact) mass is 569 g/mol. The second-order valence-corrected chi connectivity index (χ2v) is 13.0. The molecule has 0 aliphatic heterocycles. The number of carbonyl (C=O) groups is 2. The summed E-state index contributed by atoms with van der Waals surface area (Å²) >= 11 is 6.15. The maximum atomic E-state index is 14.0. The predicted molar refractivity (Wildman–Crippen MR) is 156 cm³/mol. The molecule has 0 radical (unpaired) electrons. The van der Waals surface area contributed by atoms with E-state index in [9.17, 15) is 18.0 Å². The van der Waals surface area contributed by atoms with Gasteiger partial charge in [0.2, 0.25) is 11.8 Å². The number of halogens is 1. The summed E-state index contributed by atoms with van der Waals surface area (Å²) in [7, 11) is -4.13. The molecule has 0 aromatic heterocycles. The zero-order valence-corrected chi connectivity index (χ0v) is 24.8. The van der Waals surface area contributed by atoms with Crippen molar-refractivity contribution in [3.63, 3.8) is 0 Å². The molecule has 0 unspecified atom stereocenters. The number of nitrogens with zero attached hydrogens (tertiary/aromatic N) is 2. The summed E-state index contributed by atoms with van der Waals surface area (Å²) in [4.78, 5) is 28.7. The molecule has 0 bridgehead atoms. The normalized spacial score (nSPS) is 12.5. The van der Waals surface area contributed by atoms with Gasteiger partial charge in [-0.05, 0) is 83.0 Å². The molecule has 0 spiro atoms. The van der Waals surface area contributed by atoms with Crippen molar-refractivity contribution < 1.29 is 18.0 Å². The summed E-state index contributed by atoms with van der Waals surface area (Å²) < 4.78 is 28.8. The molecule has 0 saturated carbocycles. The number of nitrogens with one attached hydrogen (secondary N) is 1. The number of aryl methyl sites for hydroxylation is 2. The number of benzene rings is 3. The van der Waals surface area contributed by atoms with Gasteiger partial charge in [0.05, 0.1) is 10.6 Å². The van der Waals surface area contributed by atoms with E-state index in [1.165, 1.54) is 17.0 Å². The smallest absolute Gasteiger partial charge is 0.264 e. The van der Waals surface area contributed by atoms with Crippen molar-refractivity contribution in [1.82, 2.24) is 10.2 Å². The van der Waals surface area contributed by atoms with Gasteiger partial charge >= 0.3 is 0 Å². The molecule has 0 saturated heterocycles. The van der Waals surface area contributed by atoms with E-state index < -0.39 is 34.1 Å². The van der Waals surface area contributed by atoms with Crippen molar-refractivity contribution >= 4 is 39.1 Å². The zero-order chi connectivity index (χ0) is 29.0. The van der Waals surface area contributed by atoms with Crippen molar-refractivity contribution in [3.8, 4) is 0 Å². The van der Waals surface area contributed by atoms with Crippen LogP contribution in [0.1, 0.15) is 44.4 Å². The Labute approximate surface area is 236 Å². The van der Waals surface area contributed by atoms with Crippen molar-refractivity contribution in [2.75, 3.05) is 10.8 Å². The van der Waals surface area contributed by atoms with E-state index in [0.29, 0.717) is 16.3 Å². The van der Waals surface area contributed by atoms with Gasteiger partial charge in [-0.1, -0.05) is 59.6 Å². The second kappa shape index (κ2) is 12.2. The Morgan fingerprint density at radius 2 is 1.62 bits per heavy atom. The van der Waals surface area contributed by atoms with E-state index in [2.05, 4.69) is 5.32 Å². The van der Waals surface area contributed by atoms with Crippen LogP contribution in [-0.2, 0) is 26.2 Å². The van der Waals surface area contributed by atoms with Gasteiger partial charge in [0.1, 0.15) is 12.6 Å². The molecule has 3 aromatic carbocycles. The highest BCUT2D eigenvalue weighted by Gasteiger charge is 2.33. The first-order chi connectivity index (χ1) is 18.2. The van der Waals surface area contributed by atoms with Crippen LogP contribution in [0.5, 0.6) is 0 Å². The van der Waals surface area contributed by atoms with Crippen LogP contribution < -0.4 is 9.62 Å². The number of rotatable bonds is 9. The van der Waals surface area contributed by atoms with Gasteiger partial charge in [-0.3, -0.25) is 13.9 Å². The molecule has 2 amide bonds. The lowest BCUT2D eigenvalue weighted by Gasteiger charge is -2.34. The molecule has 7 nitrogen and oxygen atoms in total. The lowest BCUT2D eigenvalue weighted by atomic mass is 10.1. The fourth-order valence-corrected chi connectivity index (χ4v) is 5.92. The van der Waals surface area contributed by atoms with E-state index in [-0.39, 0.29) is 17.3 Å². The summed E-state index contributed by atoms with van der Waals surface area (Å²) in [5.74, 6) is -0.842. The van der Waals surface area contributed by atoms with Gasteiger partial charge in [-0.25, -0.2) is 8.42 Å². The van der Waals surface area contributed by atoms with Gasteiger partial charge in [-0.2, -0.15) is 0 Å². The molecule has 1 N–H and O–H groups in total. The Bertz CT molecular complexity index is 1440. The SMILES string of the molecule is Cc1cccc(CN(C(=O)CN(c2ccc(Cl)cc2C)S(=O)(=O)c2ccccc2)[C@H](C)C(=O)NC(C)(C)C)c1. The Morgan fingerprint density at radius 1 is 0.949 bits per heavy atom. The van der Waals surface area contributed by atoms with Crippen LogP contribution in [-0.4, -0.2) is 43.3 Å². The van der Waals surface area contributed by atoms with Crippen LogP contribution in [0.2, 0.25) is 5.02 Å². The van der Waals surface area contributed by atoms with Gasteiger partial charge in [0.25, 0.3) is 10.0 Å². The lowest BCUT2D eigenvalue weighted by Crippen LogP contribution is -2.54. The van der Waals surface area contributed by atoms with E-state index in [4.69, 9.17) is 11.6 Å². The third kappa shape index (κ3) is 7.83. The minimum absolute atomic E-state index is 0.0518. The number of carbonyl (C=O) groups excluding carboxylic acids is 2. The fourth-order valence-electron chi connectivity index (χ4n) is 4.20. The second-order valence-electron chi connectivity index (χ2n) is 10.7. The van der Waals surface area contributed by atoms with Gasteiger partial charge < -0.3 is 10.2 Å². The van der Waals surface area contributed by atoms with E-state index in [1.807, 2.05) is 52.0 Å². The maximum absolute atomic E-state index is 14.0. The average molecular weight is 570 g/mol. The topological polar surface area (TPSA) is 86.8 Å². The Hall–Kier alpha value is -3.36. The summed E-state index contributed by atoms with van der Waals surface area (Å²) in [6, 6.07) is 19.6. The molecule has 9 heteroatoms. The molecule has 1 atom stereocenters. The molecule has 0 aliphatic rings. The van der Waals surface area contributed by atoms with E-state index >= 15 is 0 Å². The predicted octanol–water partition coefficient (Wildman–Crippen LogP) is 5.48. The molecule has 3 aromatic rings. The fraction of sp³-hybridized carbons (Fsp3) is 0.333. The van der Waals surface area contributed by atoms with Crippen LogP contribution >= 0.6 is 11.6 Å². The van der Waals surface area contributed by atoms with Gasteiger partial charge in [-0.15, -0.1) is 0 Å². The Kier molecular flexibility index (Phi) is 9.46. The molecule has 0 fully saturated rings. The number of hydrogen-bond donors (Lipinski definition) is 1. The quantitative estimate of drug-likeness (QED) is 0.369. The summed E-state index contributed by atoms with van der Waals surface area (Å²) in [5, 5.41) is 3.38. The van der Waals surface area contributed by atoms with Crippen molar-refractivity contribution in [2.24, 2.45) is 0 Å². The first-order valence-electron chi connectivity index (χ1n) is 12.7. The molecule has 39 heavy (non-hydrogen) atoms. The van der Waals surface area contributed by atoms with Crippen molar-refractivity contribution in [1.29, 1.82) is 0 Å². The van der Waals surface area contributed by atoms with Gasteiger partial charge in [0.15, 0.2) is 0 Å². The van der Waals surface area contributed by atoms with Crippen LogP contribution in [0.3, 0.4) is 0 Å². The summed E-state index contributed by atoms with van der Waals surface area (Å²) in [6.07, 6.45) is 0. The average Bonchev–Trinajstić information content (AvgIpc) is 2.85. The molecular weight excluding hydrogens is 534 g/mol. The van der Waals surface area contributed by atoms with Crippen molar-refractivity contribution in [2.45, 2.75) is 64.6 Å². The first-order valence-corrected chi connectivity index (χ1v) is 14.5. The van der Waals surface area contributed by atoms with Crippen LogP contribution in [0.25, 0.3) is 0 Å². The standard InChI is InChI=1S/C30H36ClN3O4S/c1-21-11-10-12-24(17-21)19-33(23(3)29(36)32-30(4,5)6)28(35)20-34(27-16-15-25(31)18-22(27)2)39(37,38)26-13-8-7-9-14-26/h7-18,23H,19-20H2,1-6H3,(H,32,36)/t23-/m1/s1. The summed E-state index contributed by atoms with van der Waals surface area (Å²) in [6.45, 7) is 10.6. The number of amides is 2. The highest BCUT2D eigenvalue weighted by molar-refractivity contribution is 7.92. The van der Waals surface area contributed by atoms with E-state index in [1.54, 1.807) is 50.2 Å². The first kappa shape index (κ1) is 30.2. The molecule has 3 rings (SSSR count). The lowest BCUT2D eigenvalue weighted by molar-refractivity contribution is -0.140. The zero-order valence-electron chi connectivity index (χ0n) is 23.2. The van der Waals surface area contributed by atoms with Gasteiger partial charge in [0, 0.05) is 17.1 Å².